The van der Waals surface area contributed by atoms with Gasteiger partial charge in [-0.2, -0.15) is 0 Å². The van der Waals surface area contributed by atoms with Gasteiger partial charge in [0, 0.05) is 45.0 Å². The molecule has 0 aliphatic carbocycles. The highest BCUT2D eigenvalue weighted by atomic mass is 16.2. The molecule has 0 bridgehead atoms. The van der Waals surface area contributed by atoms with Gasteiger partial charge in [0.2, 0.25) is 11.8 Å². The van der Waals surface area contributed by atoms with Gasteiger partial charge in [-0.1, -0.05) is 25.1 Å². The molecular formula is C20H30N4O2. The smallest absolute Gasteiger partial charge is 0.244 e. The molecule has 2 heterocycles. The lowest BCUT2D eigenvalue weighted by atomic mass is 10.1. The normalized spacial score (nSPS) is 19.2. The molecule has 3 rings (SSSR count). The Bertz CT molecular complexity index is 640. The van der Waals surface area contributed by atoms with Gasteiger partial charge in [-0.15, -0.1) is 0 Å². The van der Waals surface area contributed by atoms with E-state index in [0.29, 0.717) is 6.54 Å². The second kappa shape index (κ2) is 8.64. The number of fused-ring (bicyclic) bond motifs is 1. The van der Waals surface area contributed by atoms with Crippen molar-refractivity contribution in [2.75, 3.05) is 50.7 Å². The average Bonchev–Trinajstić information content (AvgIpc) is 3.10. The van der Waals surface area contributed by atoms with Gasteiger partial charge in [0.25, 0.3) is 0 Å². The summed E-state index contributed by atoms with van der Waals surface area (Å²) < 4.78 is 0. The van der Waals surface area contributed by atoms with Gasteiger partial charge in [-0.05, 0) is 31.4 Å². The molecule has 1 saturated heterocycles. The fourth-order valence-electron chi connectivity index (χ4n) is 3.78. The van der Waals surface area contributed by atoms with Crippen LogP contribution in [0.4, 0.5) is 5.69 Å². The van der Waals surface area contributed by atoms with Crippen LogP contribution in [0.1, 0.15) is 25.8 Å². The van der Waals surface area contributed by atoms with Crippen molar-refractivity contribution in [1.29, 1.82) is 0 Å². The zero-order valence-corrected chi connectivity index (χ0v) is 15.9. The lowest BCUT2D eigenvalue weighted by molar-refractivity contribution is -0.126. The molecule has 0 aromatic heterocycles. The molecule has 142 valence electrons. The summed E-state index contributed by atoms with van der Waals surface area (Å²) in [4.78, 5) is 31.2. The number of anilines is 1. The summed E-state index contributed by atoms with van der Waals surface area (Å²) in [5.41, 5.74) is 2.33. The predicted molar refractivity (Wildman–Crippen MR) is 103 cm³/mol. The van der Waals surface area contributed by atoms with Gasteiger partial charge in [0.1, 0.15) is 0 Å². The fraction of sp³-hybridized carbons (Fsp3) is 0.600. The second-order valence-electron chi connectivity index (χ2n) is 7.21. The summed E-state index contributed by atoms with van der Waals surface area (Å²) in [5.74, 6) is 0.280. The van der Waals surface area contributed by atoms with E-state index in [1.807, 2.05) is 30.0 Å². The number of nitrogens with one attached hydrogen (secondary N) is 1. The first-order valence-electron chi connectivity index (χ1n) is 9.72. The fourth-order valence-corrected chi connectivity index (χ4v) is 3.78. The standard InChI is InChI=1S/C20H30N4O2/c1-3-9-21-19(25)15-22-11-13-23(14-12-22)16(2)20(26)24-10-8-17-6-4-5-7-18(17)24/h4-7,16H,3,8-15H2,1-2H3,(H,21,25). The number of nitrogens with zero attached hydrogens (tertiary/aromatic N) is 3. The highest BCUT2D eigenvalue weighted by Gasteiger charge is 2.32. The Balaban J connectivity index is 1.50. The summed E-state index contributed by atoms with van der Waals surface area (Å²) in [6, 6.07) is 8.05. The van der Waals surface area contributed by atoms with Crippen LogP contribution < -0.4 is 10.2 Å². The molecule has 0 radical (unpaired) electrons. The number of benzene rings is 1. The van der Waals surface area contributed by atoms with E-state index in [-0.39, 0.29) is 17.9 Å². The van der Waals surface area contributed by atoms with Crippen molar-refractivity contribution in [2.24, 2.45) is 0 Å². The predicted octanol–water partition coefficient (Wildman–Crippen LogP) is 1.11. The summed E-state index contributed by atoms with van der Waals surface area (Å²) in [7, 11) is 0. The molecule has 0 saturated carbocycles. The molecule has 2 aliphatic heterocycles. The first-order valence-corrected chi connectivity index (χ1v) is 9.72. The van der Waals surface area contributed by atoms with Gasteiger partial charge in [-0.3, -0.25) is 19.4 Å². The summed E-state index contributed by atoms with van der Waals surface area (Å²) in [6.45, 7) is 9.33. The Labute approximate surface area is 156 Å². The molecule has 1 atom stereocenters. The largest absolute Gasteiger partial charge is 0.355 e. The molecule has 26 heavy (non-hydrogen) atoms. The van der Waals surface area contributed by atoms with Crippen LogP contribution in [0.5, 0.6) is 0 Å². The molecular weight excluding hydrogens is 328 g/mol. The summed E-state index contributed by atoms with van der Waals surface area (Å²) in [5, 5.41) is 2.92. The Kier molecular flexibility index (Phi) is 6.27. The third-order valence-corrected chi connectivity index (χ3v) is 5.40. The van der Waals surface area contributed by atoms with Gasteiger partial charge in [-0.25, -0.2) is 0 Å². The minimum absolute atomic E-state index is 0.0955. The van der Waals surface area contributed by atoms with Crippen LogP contribution in [-0.4, -0.2) is 73.5 Å². The van der Waals surface area contributed by atoms with Crippen molar-refractivity contribution in [3.63, 3.8) is 0 Å². The summed E-state index contributed by atoms with van der Waals surface area (Å²) in [6.07, 6.45) is 1.90. The van der Waals surface area contributed by atoms with E-state index in [2.05, 4.69) is 28.1 Å². The van der Waals surface area contributed by atoms with E-state index in [1.54, 1.807) is 0 Å². The van der Waals surface area contributed by atoms with Crippen LogP contribution in [0.2, 0.25) is 0 Å². The maximum Gasteiger partial charge on any atom is 0.244 e. The zero-order chi connectivity index (χ0) is 18.5. The van der Waals surface area contributed by atoms with E-state index in [0.717, 1.165) is 57.8 Å². The molecule has 1 aromatic carbocycles. The highest BCUT2D eigenvalue weighted by Crippen LogP contribution is 2.28. The number of rotatable bonds is 6. The molecule has 0 spiro atoms. The Hall–Kier alpha value is -1.92. The molecule has 1 unspecified atom stereocenters. The second-order valence-corrected chi connectivity index (χ2v) is 7.21. The van der Waals surface area contributed by atoms with Crippen molar-refractivity contribution in [3.05, 3.63) is 29.8 Å². The Morgan fingerprint density at radius 1 is 1.12 bits per heavy atom. The van der Waals surface area contributed by atoms with Crippen LogP contribution in [0.15, 0.2) is 24.3 Å². The van der Waals surface area contributed by atoms with Crippen molar-refractivity contribution < 1.29 is 9.59 Å². The van der Waals surface area contributed by atoms with E-state index in [4.69, 9.17) is 0 Å². The number of amides is 2. The third-order valence-electron chi connectivity index (χ3n) is 5.40. The molecule has 6 nitrogen and oxygen atoms in total. The van der Waals surface area contributed by atoms with Gasteiger partial charge < -0.3 is 10.2 Å². The number of piperazine rings is 1. The number of carbonyl (C=O) groups excluding carboxylic acids is 2. The first kappa shape index (κ1) is 18.9. The molecule has 6 heteroatoms. The number of hydrogen-bond donors (Lipinski definition) is 1. The first-order chi connectivity index (χ1) is 12.6. The van der Waals surface area contributed by atoms with Crippen LogP contribution in [-0.2, 0) is 16.0 Å². The van der Waals surface area contributed by atoms with Crippen molar-refractivity contribution in [2.45, 2.75) is 32.7 Å². The molecule has 1 aromatic rings. The lowest BCUT2D eigenvalue weighted by Gasteiger charge is -2.38. The quantitative estimate of drug-likeness (QED) is 0.828. The SMILES string of the molecule is CCCNC(=O)CN1CCN(C(C)C(=O)N2CCc3ccccc32)CC1. The third kappa shape index (κ3) is 4.24. The minimum atomic E-state index is -0.128. The van der Waals surface area contributed by atoms with Crippen molar-refractivity contribution >= 4 is 17.5 Å². The van der Waals surface area contributed by atoms with E-state index in [9.17, 15) is 9.59 Å². The Morgan fingerprint density at radius 3 is 2.58 bits per heavy atom. The van der Waals surface area contributed by atoms with E-state index in [1.165, 1.54) is 5.56 Å². The van der Waals surface area contributed by atoms with Gasteiger partial charge >= 0.3 is 0 Å². The topological polar surface area (TPSA) is 55.9 Å². The zero-order valence-electron chi connectivity index (χ0n) is 15.9. The summed E-state index contributed by atoms with van der Waals surface area (Å²) >= 11 is 0. The maximum absolute atomic E-state index is 13.0. The van der Waals surface area contributed by atoms with Crippen LogP contribution in [0.3, 0.4) is 0 Å². The maximum atomic E-state index is 13.0. The van der Waals surface area contributed by atoms with Crippen molar-refractivity contribution in [1.82, 2.24) is 15.1 Å². The number of para-hydroxylation sites is 1. The highest BCUT2D eigenvalue weighted by molar-refractivity contribution is 5.98. The van der Waals surface area contributed by atoms with Gasteiger partial charge in [0.05, 0.1) is 12.6 Å². The van der Waals surface area contributed by atoms with E-state index >= 15 is 0 Å². The molecule has 1 fully saturated rings. The monoisotopic (exact) mass is 358 g/mol. The minimum Gasteiger partial charge on any atom is -0.355 e. The average molecular weight is 358 g/mol. The number of hydrogen-bond acceptors (Lipinski definition) is 4. The molecule has 1 N–H and O–H groups in total. The molecule has 2 amide bonds. The number of carbonyl (C=O) groups is 2. The van der Waals surface area contributed by atoms with Gasteiger partial charge in [0.15, 0.2) is 0 Å². The van der Waals surface area contributed by atoms with E-state index < -0.39 is 0 Å². The molecule has 2 aliphatic rings. The lowest BCUT2D eigenvalue weighted by Crippen LogP contribution is -2.55. The Morgan fingerprint density at radius 2 is 1.85 bits per heavy atom. The van der Waals surface area contributed by atoms with Crippen LogP contribution in [0, 0.1) is 0 Å². The van der Waals surface area contributed by atoms with Crippen LogP contribution >= 0.6 is 0 Å². The van der Waals surface area contributed by atoms with Crippen molar-refractivity contribution in [3.8, 4) is 0 Å². The van der Waals surface area contributed by atoms with Crippen LogP contribution in [0.25, 0.3) is 0 Å².